The minimum absolute atomic E-state index is 0.283. The molecule has 0 aromatic heterocycles. The molecule has 5 rings (SSSR count). The molecule has 1 aromatic carbocycles. The minimum atomic E-state index is -1.55. The van der Waals surface area contributed by atoms with Crippen LogP contribution >= 0.6 is 0 Å². The first-order valence-electron chi connectivity index (χ1n) is 13.9. The SMILES string of the molecule is C[C@H]1CC[C@@H]2[C@H]3CC[C@]4(C)[C@@H](OCc5ccccc5)CC[C@H]4[C@@H]3CC([Si](C)(C)C)C(=O)[C@H]2C1. The van der Waals surface area contributed by atoms with E-state index >= 15 is 0 Å². The average Bonchev–Trinajstić information content (AvgIpc) is 3.05. The van der Waals surface area contributed by atoms with Crippen molar-refractivity contribution in [3.63, 3.8) is 0 Å². The lowest BCUT2D eigenvalue weighted by Crippen LogP contribution is -2.46. The zero-order chi connectivity index (χ0) is 23.4. The zero-order valence-electron chi connectivity index (χ0n) is 21.7. The van der Waals surface area contributed by atoms with Gasteiger partial charge in [-0.15, -0.1) is 0 Å². The lowest BCUT2D eigenvalue weighted by atomic mass is 9.54. The van der Waals surface area contributed by atoms with Crippen LogP contribution in [-0.4, -0.2) is 20.0 Å². The van der Waals surface area contributed by atoms with E-state index in [2.05, 4.69) is 63.8 Å². The molecular formula is C30H46O2Si. The molecule has 182 valence electrons. The van der Waals surface area contributed by atoms with Gasteiger partial charge in [-0.2, -0.15) is 0 Å². The first kappa shape index (κ1) is 23.8. The maximum Gasteiger partial charge on any atom is 0.136 e. The molecule has 4 fully saturated rings. The number of ether oxygens (including phenoxy) is 1. The summed E-state index contributed by atoms with van der Waals surface area (Å²) in [6.45, 7) is 13.0. The first-order valence-corrected chi connectivity index (χ1v) is 17.5. The van der Waals surface area contributed by atoms with E-state index in [1.807, 2.05) is 0 Å². The van der Waals surface area contributed by atoms with Crippen molar-refractivity contribution in [2.45, 2.75) is 103 Å². The molecule has 1 unspecified atom stereocenters. The molecular weight excluding hydrogens is 420 g/mol. The maximum atomic E-state index is 14.0. The molecule has 0 bridgehead atoms. The maximum absolute atomic E-state index is 14.0. The van der Waals surface area contributed by atoms with Crippen molar-refractivity contribution < 1.29 is 9.53 Å². The molecule has 33 heavy (non-hydrogen) atoms. The van der Waals surface area contributed by atoms with Crippen LogP contribution in [0, 0.1) is 40.9 Å². The van der Waals surface area contributed by atoms with Crippen molar-refractivity contribution >= 4 is 13.9 Å². The van der Waals surface area contributed by atoms with E-state index in [4.69, 9.17) is 4.74 Å². The molecule has 1 aromatic rings. The van der Waals surface area contributed by atoms with Gasteiger partial charge in [-0.1, -0.05) is 70.2 Å². The Bertz CT molecular complexity index is 845. The molecule has 4 aliphatic rings. The van der Waals surface area contributed by atoms with Gasteiger partial charge < -0.3 is 4.74 Å². The van der Waals surface area contributed by atoms with Gasteiger partial charge >= 0.3 is 0 Å². The normalized spacial score (nSPS) is 43.4. The number of Topliss-reactive ketones (excluding diaryl/α,β-unsaturated/α-hetero) is 1. The zero-order valence-corrected chi connectivity index (χ0v) is 22.7. The molecule has 0 saturated heterocycles. The Kier molecular flexibility index (Phi) is 6.44. The third kappa shape index (κ3) is 4.31. The topological polar surface area (TPSA) is 26.3 Å². The van der Waals surface area contributed by atoms with E-state index in [-0.39, 0.29) is 5.41 Å². The van der Waals surface area contributed by atoms with Gasteiger partial charge in [0.05, 0.1) is 20.8 Å². The number of ketones is 1. The van der Waals surface area contributed by atoms with Crippen molar-refractivity contribution in [1.29, 1.82) is 0 Å². The second-order valence-corrected chi connectivity index (χ2v) is 19.0. The van der Waals surface area contributed by atoms with Crippen LogP contribution in [0.1, 0.15) is 70.8 Å². The second-order valence-electron chi connectivity index (χ2n) is 13.6. The van der Waals surface area contributed by atoms with Gasteiger partial charge in [0.1, 0.15) is 5.78 Å². The standard InChI is InChI=1S/C30H46O2Si/c1-20-11-12-22-23-15-16-30(2)26(13-14-28(30)32-19-21-9-7-6-8-10-21)24(23)18-27(33(3,4)5)29(31)25(22)17-20/h6-10,20,22-28H,11-19H2,1-5H3/t20-,22+,23+,24+,25-,26-,27?,28-,30-/m0/s1. The van der Waals surface area contributed by atoms with E-state index in [1.165, 1.54) is 56.9 Å². The number of fused-ring (bicyclic) bond motifs is 5. The highest BCUT2D eigenvalue weighted by Gasteiger charge is 2.59. The van der Waals surface area contributed by atoms with Crippen molar-refractivity contribution in [3.8, 4) is 0 Å². The third-order valence-electron chi connectivity index (χ3n) is 10.7. The molecule has 0 amide bonds. The average molecular weight is 467 g/mol. The summed E-state index contributed by atoms with van der Waals surface area (Å²) in [5.41, 5.74) is 1.93. The van der Waals surface area contributed by atoms with Crippen LogP contribution in [0.4, 0.5) is 0 Å². The first-order chi connectivity index (χ1) is 15.7. The highest BCUT2D eigenvalue weighted by molar-refractivity contribution is 6.80. The molecule has 0 spiro atoms. The van der Waals surface area contributed by atoms with Crippen LogP contribution in [0.2, 0.25) is 25.2 Å². The van der Waals surface area contributed by atoms with Gasteiger partial charge in [-0.3, -0.25) is 4.79 Å². The Morgan fingerprint density at radius 2 is 1.70 bits per heavy atom. The fraction of sp³-hybridized carbons (Fsp3) is 0.767. The van der Waals surface area contributed by atoms with Crippen LogP contribution in [0.25, 0.3) is 0 Å². The summed E-state index contributed by atoms with van der Waals surface area (Å²) in [6, 6.07) is 10.7. The second kappa shape index (κ2) is 8.93. The molecule has 0 N–H and O–H groups in total. The number of benzene rings is 1. The molecule has 0 heterocycles. The lowest BCUT2D eigenvalue weighted by molar-refractivity contribution is -0.126. The van der Waals surface area contributed by atoms with Gasteiger partial charge in [0.15, 0.2) is 0 Å². The predicted octanol–water partition coefficient (Wildman–Crippen LogP) is 7.75. The fourth-order valence-corrected chi connectivity index (χ4v) is 10.9. The summed E-state index contributed by atoms with van der Waals surface area (Å²) in [7, 11) is -1.55. The van der Waals surface area contributed by atoms with Crippen molar-refractivity contribution in [3.05, 3.63) is 35.9 Å². The molecule has 4 saturated carbocycles. The van der Waals surface area contributed by atoms with Gasteiger partial charge in [-0.25, -0.2) is 0 Å². The van der Waals surface area contributed by atoms with E-state index in [1.54, 1.807) is 0 Å². The van der Waals surface area contributed by atoms with Crippen LogP contribution in [0.5, 0.6) is 0 Å². The third-order valence-corrected chi connectivity index (χ3v) is 13.3. The van der Waals surface area contributed by atoms with E-state index in [0.29, 0.717) is 29.3 Å². The smallest absolute Gasteiger partial charge is 0.136 e. The predicted molar refractivity (Wildman–Crippen MR) is 139 cm³/mol. The van der Waals surface area contributed by atoms with E-state index < -0.39 is 8.07 Å². The summed E-state index contributed by atoms with van der Waals surface area (Å²) in [5, 5.41) is 0. The molecule has 0 radical (unpaired) electrons. The Morgan fingerprint density at radius 3 is 2.42 bits per heavy atom. The van der Waals surface area contributed by atoms with Gasteiger partial charge in [0.2, 0.25) is 0 Å². The highest BCUT2D eigenvalue weighted by atomic mass is 28.3. The quantitative estimate of drug-likeness (QED) is 0.424. The number of hydrogen-bond donors (Lipinski definition) is 0. The van der Waals surface area contributed by atoms with Crippen LogP contribution < -0.4 is 0 Å². The van der Waals surface area contributed by atoms with Crippen LogP contribution in [-0.2, 0) is 16.1 Å². The summed E-state index contributed by atoms with van der Waals surface area (Å²) in [4.78, 5) is 14.0. The van der Waals surface area contributed by atoms with E-state index in [0.717, 1.165) is 30.3 Å². The minimum Gasteiger partial charge on any atom is -0.373 e. The Balaban J connectivity index is 1.41. The highest BCUT2D eigenvalue weighted by Crippen LogP contribution is 2.63. The van der Waals surface area contributed by atoms with Gasteiger partial charge in [0, 0.05) is 11.5 Å². The van der Waals surface area contributed by atoms with Crippen molar-refractivity contribution in [2.75, 3.05) is 0 Å². The molecule has 2 nitrogen and oxygen atoms in total. The Hall–Kier alpha value is -0.933. The van der Waals surface area contributed by atoms with Gasteiger partial charge in [-0.05, 0) is 85.5 Å². The van der Waals surface area contributed by atoms with Crippen LogP contribution in [0.3, 0.4) is 0 Å². The fourth-order valence-electron chi connectivity index (χ4n) is 8.86. The molecule has 9 atom stereocenters. The summed E-state index contributed by atoms with van der Waals surface area (Å²) >= 11 is 0. The number of carbonyl (C=O) groups is 1. The molecule has 0 aliphatic heterocycles. The number of hydrogen-bond acceptors (Lipinski definition) is 2. The Labute approximate surface area is 203 Å². The van der Waals surface area contributed by atoms with Crippen molar-refractivity contribution in [1.82, 2.24) is 0 Å². The summed E-state index contributed by atoms with van der Waals surface area (Å²) in [6.07, 6.45) is 10.5. The van der Waals surface area contributed by atoms with E-state index in [9.17, 15) is 4.79 Å². The molecule has 4 aliphatic carbocycles. The number of rotatable bonds is 4. The molecule has 3 heteroatoms. The van der Waals surface area contributed by atoms with Gasteiger partial charge in [0.25, 0.3) is 0 Å². The largest absolute Gasteiger partial charge is 0.373 e. The summed E-state index contributed by atoms with van der Waals surface area (Å²) in [5.74, 6) is 4.69. The summed E-state index contributed by atoms with van der Waals surface area (Å²) < 4.78 is 6.65. The number of carbonyl (C=O) groups excluding carboxylic acids is 1. The Morgan fingerprint density at radius 1 is 0.939 bits per heavy atom. The lowest BCUT2D eigenvalue weighted by Gasteiger charge is -2.51. The van der Waals surface area contributed by atoms with Crippen LogP contribution in [0.15, 0.2) is 30.3 Å². The van der Waals surface area contributed by atoms with Crippen molar-refractivity contribution in [2.24, 2.45) is 40.9 Å². The monoisotopic (exact) mass is 466 g/mol.